The number of rotatable bonds is 7. The number of carboxylic acids is 1. The number of carbonyl (C=O) groups is 1. The van der Waals surface area contributed by atoms with Gasteiger partial charge in [-0.1, -0.05) is 12.1 Å². The molecule has 2 aromatic rings. The molecule has 0 fully saturated rings. The molecule has 0 saturated heterocycles. The maximum absolute atomic E-state index is 10.7. The lowest BCUT2D eigenvalue weighted by Crippen LogP contribution is -1.99. The van der Waals surface area contributed by atoms with E-state index in [9.17, 15) is 20.0 Å². The molecule has 0 aliphatic rings. The number of phenolic OH excluding ortho intramolecular Hbond substituents is 1. The smallest absolute Gasteiger partial charge is 0.307 e. The lowest BCUT2D eigenvalue weighted by atomic mass is 10.1. The number of benzene rings is 2. The van der Waals surface area contributed by atoms with Crippen molar-refractivity contribution in [3.8, 4) is 23.0 Å². The second-order valence-electron chi connectivity index (χ2n) is 4.99. The molecule has 8 heteroatoms. The summed E-state index contributed by atoms with van der Waals surface area (Å²) in [7, 11) is 1.35. The first-order valence-corrected chi connectivity index (χ1v) is 7.10. The van der Waals surface area contributed by atoms with Crippen LogP contribution in [0.25, 0.3) is 6.08 Å². The van der Waals surface area contributed by atoms with E-state index >= 15 is 0 Å². The monoisotopic (exact) mass is 345 g/mol. The molecule has 0 bridgehead atoms. The number of carboxylic acid groups (broad SMARTS) is 1. The van der Waals surface area contributed by atoms with Gasteiger partial charge in [0, 0.05) is 6.08 Å². The highest BCUT2D eigenvalue weighted by Gasteiger charge is 2.13. The number of methoxy groups -OCH3 is 1. The van der Waals surface area contributed by atoms with Crippen molar-refractivity contribution in [1.29, 1.82) is 0 Å². The minimum absolute atomic E-state index is 0.0494. The van der Waals surface area contributed by atoms with Gasteiger partial charge in [0.25, 0.3) is 0 Å². The molecule has 2 aromatic carbocycles. The van der Waals surface area contributed by atoms with Gasteiger partial charge >= 0.3 is 5.97 Å². The van der Waals surface area contributed by atoms with Gasteiger partial charge in [-0.2, -0.15) is 0 Å². The Morgan fingerprint density at radius 2 is 1.88 bits per heavy atom. The van der Waals surface area contributed by atoms with E-state index in [1.807, 2.05) is 0 Å². The van der Waals surface area contributed by atoms with Gasteiger partial charge in [-0.25, -0.2) is 0 Å². The summed E-state index contributed by atoms with van der Waals surface area (Å²) < 4.78 is 10.6. The van der Waals surface area contributed by atoms with Crippen molar-refractivity contribution in [1.82, 2.24) is 0 Å². The Bertz CT molecular complexity index is 812. The van der Waals surface area contributed by atoms with Crippen molar-refractivity contribution in [3.05, 3.63) is 63.8 Å². The lowest BCUT2D eigenvalue weighted by molar-refractivity contribution is -0.400. The summed E-state index contributed by atoms with van der Waals surface area (Å²) in [4.78, 5) is 20.5. The normalized spacial score (nSPS) is 10.6. The van der Waals surface area contributed by atoms with Gasteiger partial charge in [0.2, 0.25) is 11.9 Å². The quantitative estimate of drug-likeness (QED) is 0.584. The van der Waals surface area contributed by atoms with E-state index in [1.165, 1.54) is 25.3 Å². The van der Waals surface area contributed by atoms with Crippen LogP contribution in [0.4, 0.5) is 0 Å². The van der Waals surface area contributed by atoms with Gasteiger partial charge < -0.3 is 19.7 Å². The average Bonchev–Trinajstić information content (AvgIpc) is 2.56. The Hall–Kier alpha value is -3.55. The van der Waals surface area contributed by atoms with Crippen LogP contribution in [-0.4, -0.2) is 28.2 Å². The van der Waals surface area contributed by atoms with E-state index in [0.717, 1.165) is 6.20 Å². The van der Waals surface area contributed by atoms with Crippen LogP contribution in [0.3, 0.4) is 0 Å². The molecular weight excluding hydrogens is 330 g/mol. The van der Waals surface area contributed by atoms with E-state index < -0.39 is 10.9 Å². The molecule has 0 spiro atoms. The third-order valence-corrected chi connectivity index (χ3v) is 3.18. The second kappa shape index (κ2) is 7.82. The van der Waals surface area contributed by atoms with Gasteiger partial charge in [-0.3, -0.25) is 14.9 Å². The summed E-state index contributed by atoms with van der Waals surface area (Å²) in [5.74, 6) is -0.685. The summed E-state index contributed by atoms with van der Waals surface area (Å²) in [5, 5.41) is 29.3. The largest absolute Gasteiger partial charge is 0.502 e. The zero-order valence-corrected chi connectivity index (χ0v) is 13.2. The second-order valence-corrected chi connectivity index (χ2v) is 4.99. The van der Waals surface area contributed by atoms with Crippen LogP contribution in [0, 0.1) is 10.1 Å². The Labute approximate surface area is 142 Å². The maximum Gasteiger partial charge on any atom is 0.307 e. The first kappa shape index (κ1) is 17.8. The Kier molecular flexibility index (Phi) is 5.57. The Balaban J connectivity index is 2.29. The van der Waals surface area contributed by atoms with Gasteiger partial charge in [0.15, 0.2) is 11.5 Å². The first-order valence-electron chi connectivity index (χ1n) is 7.10. The minimum Gasteiger partial charge on any atom is -0.502 e. The van der Waals surface area contributed by atoms with E-state index in [2.05, 4.69) is 0 Å². The van der Waals surface area contributed by atoms with Crippen molar-refractivity contribution in [2.24, 2.45) is 0 Å². The number of hydrogen-bond acceptors (Lipinski definition) is 6. The first-order chi connectivity index (χ1) is 11.9. The van der Waals surface area contributed by atoms with Crippen molar-refractivity contribution in [2.45, 2.75) is 6.42 Å². The fraction of sp³-hybridized carbons (Fsp3) is 0.118. The summed E-state index contributed by atoms with van der Waals surface area (Å²) in [6, 6.07) is 9.15. The number of hydrogen-bond donors (Lipinski definition) is 2. The molecular formula is C17H15NO7. The van der Waals surface area contributed by atoms with Crippen molar-refractivity contribution >= 4 is 12.0 Å². The van der Waals surface area contributed by atoms with Gasteiger partial charge in [0.05, 0.1) is 18.5 Å². The Morgan fingerprint density at radius 3 is 2.44 bits per heavy atom. The average molecular weight is 345 g/mol. The predicted molar refractivity (Wildman–Crippen MR) is 88.5 cm³/mol. The fourth-order valence-electron chi connectivity index (χ4n) is 2.06. The molecule has 130 valence electrons. The number of aliphatic carboxylic acids is 1. The van der Waals surface area contributed by atoms with Gasteiger partial charge in [-0.15, -0.1) is 0 Å². The van der Waals surface area contributed by atoms with Gasteiger partial charge in [0.1, 0.15) is 5.75 Å². The van der Waals surface area contributed by atoms with Crippen LogP contribution < -0.4 is 9.47 Å². The zero-order valence-electron chi connectivity index (χ0n) is 13.2. The number of nitro groups is 1. The standard InChI is InChI=1S/C17H15NO7/c1-24-14-8-12(6-7-18(22)23)9-15(17(14)21)25-13-4-2-11(3-5-13)10-16(19)20/h2-9,21H,10H2,1H3,(H,19,20)/b7-6+. The number of phenols is 1. The van der Waals surface area contributed by atoms with E-state index in [0.29, 0.717) is 16.9 Å². The highest BCUT2D eigenvalue weighted by atomic mass is 16.6. The predicted octanol–water partition coefficient (Wildman–Crippen LogP) is 3.07. The SMILES string of the molecule is COc1cc(/C=C/[N+](=O)[O-])cc(Oc2ccc(CC(=O)O)cc2)c1O. The number of aromatic hydroxyl groups is 1. The molecule has 0 atom stereocenters. The number of ether oxygens (including phenoxy) is 2. The highest BCUT2D eigenvalue weighted by Crippen LogP contribution is 2.40. The summed E-state index contributed by atoms with van der Waals surface area (Å²) in [6.45, 7) is 0. The number of nitrogens with zero attached hydrogens (tertiary/aromatic N) is 1. The van der Waals surface area contributed by atoms with Crippen molar-refractivity contribution in [2.75, 3.05) is 7.11 Å². The molecule has 0 amide bonds. The molecule has 25 heavy (non-hydrogen) atoms. The molecule has 0 aromatic heterocycles. The molecule has 2 N–H and O–H groups in total. The third kappa shape index (κ3) is 4.96. The molecule has 0 radical (unpaired) electrons. The molecule has 0 heterocycles. The van der Waals surface area contributed by atoms with Crippen LogP contribution in [0.5, 0.6) is 23.0 Å². The molecule has 0 saturated carbocycles. The maximum atomic E-state index is 10.7. The van der Waals surface area contributed by atoms with E-state index in [-0.39, 0.29) is 23.7 Å². The van der Waals surface area contributed by atoms with Crippen molar-refractivity contribution < 1.29 is 29.4 Å². The summed E-state index contributed by atoms with van der Waals surface area (Å²) in [6.07, 6.45) is 1.89. The van der Waals surface area contributed by atoms with Crippen LogP contribution in [0.1, 0.15) is 11.1 Å². The van der Waals surface area contributed by atoms with Crippen LogP contribution in [0.15, 0.2) is 42.6 Å². The fourth-order valence-corrected chi connectivity index (χ4v) is 2.06. The Morgan fingerprint density at radius 1 is 1.24 bits per heavy atom. The molecule has 8 nitrogen and oxygen atoms in total. The summed E-state index contributed by atoms with van der Waals surface area (Å²) >= 11 is 0. The van der Waals surface area contributed by atoms with E-state index in [4.69, 9.17) is 14.6 Å². The third-order valence-electron chi connectivity index (χ3n) is 3.18. The molecule has 2 rings (SSSR count). The lowest BCUT2D eigenvalue weighted by Gasteiger charge is -2.12. The van der Waals surface area contributed by atoms with Crippen molar-refractivity contribution in [3.63, 3.8) is 0 Å². The van der Waals surface area contributed by atoms with E-state index in [1.54, 1.807) is 24.3 Å². The zero-order chi connectivity index (χ0) is 18.4. The topological polar surface area (TPSA) is 119 Å². The van der Waals surface area contributed by atoms with Gasteiger partial charge in [-0.05, 0) is 35.4 Å². The van der Waals surface area contributed by atoms with Crippen LogP contribution >= 0.6 is 0 Å². The van der Waals surface area contributed by atoms with Crippen LogP contribution in [0.2, 0.25) is 0 Å². The van der Waals surface area contributed by atoms with Crippen LogP contribution in [-0.2, 0) is 11.2 Å². The molecule has 0 aliphatic carbocycles. The molecule has 0 unspecified atom stereocenters. The minimum atomic E-state index is -0.943. The highest BCUT2D eigenvalue weighted by molar-refractivity contribution is 5.70. The molecule has 0 aliphatic heterocycles. The summed E-state index contributed by atoms with van der Waals surface area (Å²) in [5.41, 5.74) is 1.01.